The molecule has 0 unspecified atom stereocenters. The van der Waals surface area contributed by atoms with Crippen LogP contribution in [0.1, 0.15) is 249 Å². The maximum Gasteiger partial charge on any atom is 0.410 e. The summed E-state index contributed by atoms with van der Waals surface area (Å²) in [5.41, 5.74) is 0.0949. The van der Waals surface area contributed by atoms with Crippen LogP contribution in [0.2, 0.25) is 0 Å². The molecule has 664 valence electrons. The summed E-state index contributed by atoms with van der Waals surface area (Å²) in [6.45, 7) is 39.0. The van der Waals surface area contributed by atoms with Gasteiger partial charge in [0.1, 0.15) is 19.8 Å². The lowest BCUT2D eigenvalue weighted by molar-refractivity contribution is -0.134. The summed E-state index contributed by atoms with van der Waals surface area (Å²) in [6, 6.07) is 6.66. The van der Waals surface area contributed by atoms with Crippen LogP contribution in [-0.4, -0.2) is 403 Å². The first-order valence-electron chi connectivity index (χ1n) is 46.3. The molecule has 27 heteroatoms. The van der Waals surface area contributed by atoms with Crippen molar-refractivity contribution in [3.05, 3.63) is 0 Å². The zero-order valence-electron chi connectivity index (χ0n) is 75.7. The zero-order valence-corrected chi connectivity index (χ0v) is 75.7. The molecule has 16 fully saturated rings. The summed E-state index contributed by atoms with van der Waals surface area (Å²) >= 11 is 0. The number of hydrogen-bond donors (Lipinski definition) is 0. The second-order valence-electron chi connectivity index (χ2n) is 38.2. The SMILES string of the molecule is CC[C@@H]1CCC(=O)N1C1CCN(C)CC1.CC[C@@H]1COC(=O)N1C1CCN(C)CC1.CC[C@H]1CCC(=O)N1C1CCN(C)CC1.CN1CCC(N2C(=O)CCC2(C)C)CC1.C[C@@H]1CCC(=O)N1C1CCN(C)CC1.C[C@@H]1COC(=O)N1C1CCN(C)CC1.C[C@H]1CCC(=O)N1C1CCN(C)CC1.C[C@H]1COC(=O)N1C1CCN(C)CC1. The Balaban J connectivity index is 0.000000152. The van der Waals surface area contributed by atoms with Gasteiger partial charge in [-0.25, -0.2) is 14.4 Å². The van der Waals surface area contributed by atoms with Crippen LogP contribution in [0.25, 0.3) is 0 Å². The maximum atomic E-state index is 11.9. The number of nitrogens with zero attached hydrogens (tertiary/aromatic N) is 16. The lowest BCUT2D eigenvalue weighted by atomic mass is 9.96. The topological polar surface area (TPSA) is 216 Å². The minimum Gasteiger partial charge on any atom is -0.447 e. The summed E-state index contributed by atoms with van der Waals surface area (Å²) < 4.78 is 15.2. The van der Waals surface area contributed by atoms with Crippen molar-refractivity contribution in [1.29, 1.82) is 0 Å². The normalized spacial score (nSPS) is 30.4. The zero-order chi connectivity index (χ0) is 84.1. The molecule has 0 aromatic heterocycles. The second-order valence-corrected chi connectivity index (χ2v) is 38.2. The van der Waals surface area contributed by atoms with Gasteiger partial charge >= 0.3 is 18.3 Å². The molecule has 16 aliphatic rings. The average molecular weight is 1630 g/mol. The number of hydrogen-bond acceptors (Lipinski definition) is 19. The Kier molecular flexibility index (Phi) is 37.3. The summed E-state index contributed by atoms with van der Waals surface area (Å²) in [4.78, 5) is 129. The van der Waals surface area contributed by atoms with Gasteiger partial charge in [-0.1, -0.05) is 20.8 Å². The first-order valence-corrected chi connectivity index (χ1v) is 46.3. The lowest BCUT2D eigenvalue weighted by Crippen LogP contribution is -2.51. The van der Waals surface area contributed by atoms with Crippen molar-refractivity contribution in [2.75, 3.05) is 181 Å². The fraction of sp³-hybridized carbons (Fsp3) is 0.910. The van der Waals surface area contributed by atoms with Crippen LogP contribution in [0, 0.1) is 0 Å². The summed E-state index contributed by atoms with van der Waals surface area (Å²) in [5, 5.41) is 0. The molecular weight excluding hydrogens is 1470 g/mol. The minimum absolute atomic E-state index is 0.0949. The van der Waals surface area contributed by atoms with Crippen molar-refractivity contribution >= 4 is 47.8 Å². The van der Waals surface area contributed by atoms with Gasteiger partial charge < -0.3 is 77.9 Å². The molecule has 0 spiro atoms. The van der Waals surface area contributed by atoms with Gasteiger partial charge in [0.15, 0.2) is 0 Å². The Morgan fingerprint density at radius 2 is 0.491 bits per heavy atom. The number of ether oxygens (including phenoxy) is 3. The van der Waals surface area contributed by atoms with E-state index < -0.39 is 0 Å². The molecule has 16 heterocycles. The predicted molar refractivity (Wildman–Crippen MR) is 458 cm³/mol. The number of carbonyl (C=O) groups is 8. The molecule has 0 aliphatic carbocycles. The van der Waals surface area contributed by atoms with Gasteiger partial charge in [0.05, 0.1) is 18.1 Å². The molecule has 27 nitrogen and oxygen atoms in total. The maximum absolute atomic E-state index is 11.9. The van der Waals surface area contributed by atoms with Crippen LogP contribution in [0.15, 0.2) is 0 Å². The molecule has 16 aliphatic heterocycles. The van der Waals surface area contributed by atoms with Crippen molar-refractivity contribution in [2.45, 2.75) is 345 Å². The van der Waals surface area contributed by atoms with E-state index >= 15 is 0 Å². The molecule has 7 atom stereocenters. The first kappa shape index (κ1) is 94.7. The molecule has 0 radical (unpaired) electrons. The number of carbonyl (C=O) groups excluding carboxylic acids is 8. The van der Waals surface area contributed by atoms with Gasteiger partial charge in [-0.15, -0.1) is 0 Å². The molecule has 16 rings (SSSR count). The molecule has 0 saturated carbocycles. The van der Waals surface area contributed by atoms with E-state index in [2.05, 4.69) is 182 Å². The Labute approximate surface area is 701 Å². The highest BCUT2D eigenvalue weighted by Crippen LogP contribution is 2.37. The van der Waals surface area contributed by atoms with E-state index in [0.717, 1.165) is 265 Å². The fourth-order valence-electron chi connectivity index (χ4n) is 21.3. The van der Waals surface area contributed by atoms with Gasteiger partial charge in [-0.2, -0.15) is 0 Å². The second kappa shape index (κ2) is 45.6. The van der Waals surface area contributed by atoms with Crippen LogP contribution in [-0.2, 0) is 38.2 Å². The van der Waals surface area contributed by atoms with E-state index in [1.165, 1.54) is 25.7 Å². The van der Waals surface area contributed by atoms with Crippen LogP contribution >= 0.6 is 0 Å². The highest BCUT2D eigenvalue weighted by Gasteiger charge is 2.45. The quantitative estimate of drug-likeness (QED) is 0.176. The third kappa shape index (κ3) is 26.2. The van der Waals surface area contributed by atoms with E-state index in [9.17, 15) is 38.4 Å². The van der Waals surface area contributed by atoms with Gasteiger partial charge in [0.2, 0.25) is 29.5 Å². The van der Waals surface area contributed by atoms with Gasteiger partial charge in [-0.05, 0) is 357 Å². The fourth-order valence-corrected chi connectivity index (χ4v) is 21.3. The van der Waals surface area contributed by atoms with Crippen LogP contribution < -0.4 is 0 Å². The molecule has 0 aromatic rings. The summed E-state index contributed by atoms with van der Waals surface area (Å²) in [7, 11) is 17.2. The van der Waals surface area contributed by atoms with E-state index in [0.29, 0.717) is 128 Å². The number of piperidine rings is 8. The third-order valence-corrected chi connectivity index (χ3v) is 29.0. The van der Waals surface area contributed by atoms with Crippen LogP contribution in [0.5, 0.6) is 0 Å². The monoisotopic (exact) mass is 1630 g/mol. The number of rotatable bonds is 11. The van der Waals surface area contributed by atoms with E-state index in [1.807, 2.05) is 14.7 Å². The van der Waals surface area contributed by atoms with Crippen molar-refractivity contribution in [3.8, 4) is 0 Å². The Hall–Kier alpha value is -5.16. The molecule has 116 heavy (non-hydrogen) atoms. The van der Waals surface area contributed by atoms with Crippen LogP contribution in [0.3, 0.4) is 0 Å². The summed E-state index contributed by atoms with van der Waals surface area (Å²) in [6.07, 6.45) is 30.2. The minimum atomic E-state index is -0.118. The first-order chi connectivity index (χ1) is 55.4. The van der Waals surface area contributed by atoms with Crippen molar-refractivity contribution in [1.82, 2.24) is 78.4 Å². The number of amides is 8. The van der Waals surface area contributed by atoms with E-state index in [4.69, 9.17) is 14.2 Å². The lowest BCUT2D eigenvalue weighted by Gasteiger charge is -2.42. The van der Waals surface area contributed by atoms with Crippen molar-refractivity contribution in [2.24, 2.45) is 0 Å². The Bertz CT molecular complexity index is 2730. The Morgan fingerprint density at radius 3 is 0.733 bits per heavy atom. The predicted octanol–water partition coefficient (Wildman–Crippen LogP) is 9.78. The highest BCUT2D eigenvalue weighted by molar-refractivity contribution is 5.81. The molecular formula is C89H162N16O11. The van der Waals surface area contributed by atoms with Gasteiger partial charge in [-0.3, -0.25) is 38.7 Å². The highest BCUT2D eigenvalue weighted by atomic mass is 16.6. The van der Waals surface area contributed by atoms with Gasteiger partial charge in [0, 0.05) is 110 Å². The van der Waals surface area contributed by atoms with Crippen LogP contribution in [0.4, 0.5) is 14.4 Å². The van der Waals surface area contributed by atoms with E-state index in [1.54, 1.807) is 0 Å². The standard InChI is InChI=1S/3C12H22N2O.C11H20N2O2.2C11H20N2O.2C10H18N2O2/c1-12(2)7-4-11(15)14(12)10-5-8-13(3)9-6-10;2*1-3-10-4-5-12(15)14(10)11-6-8-13(2)9-7-11;1-3-9-8-15-11(14)13(9)10-4-6-12(2)7-5-10;2*1-9-3-4-11(14)13(9)10-5-7-12(2)8-6-10;2*1-8-7-14-10(13)12(8)9-3-5-11(2)6-4-9/h10H,4-9H2,1-3H3;2*10-11H,3-9H2,1-2H3;9-10H,3-8H2,1-2H3;2*9-10H,3-8H2,1-2H3;2*8-9H,3-7H2,1-2H3/t;2*10-;3*9-;2*8-/m.1011010/s1. The molecule has 0 aromatic carbocycles. The Morgan fingerprint density at radius 1 is 0.259 bits per heavy atom. The van der Waals surface area contributed by atoms with Crippen molar-refractivity contribution in [3.63, 3.8) is 0 Å². The third-order valence-electron chi connectivity index (χ3n) is 29.0. The largest absolute Gasteiger partial charge is 0.447 e. The molecule has 8 amide bonds. The molecule has 16 saturated heterocycles. The molecule has 0 bridgehead atoms. The molecule has 0 N–H and O–H groups in total. The number of cyclic esters (lactones) is 3. The average Bonchev–Trinajstić information content (AvgIpc) is 1.63. The van der Waals surface area contributed by atoms with Gasteiger partial charge in [0.25, 0.3) is 0 Å². The number of likely N-dealkylation sites (tertiary alicyclic amines) is 13. The smallest absolute Gasteiger partial charge is 0.410 e. The van der Waals surface area contributed by atoms with Crippen molar-refractivity contribution < 1.29 is 52.6 Å². The summed E-state index contributed by atoms with van der Waals surface area (Å²) in [5.74, 6) is 1.93. The van der Waals surface area contributed by atoms with E-state index in [-0.39, 0.29) is 35.9 Å².